The predicted molar refractivity (Wildman–Crippen MR) is 88.2 cm³/mol. The largest absolute Gasteiger partial charge is 0.378 e. The van der Waals surface area contributed by atoms with Gasteiger partial charge in [-0.15, -0.1) is 10.2 Å². The highest BCUT2D eigenvalue weighted by molar-refractivity contribution is 7.15. The molecule has 1 aliphatic carbocycles. The van der Waals surface area contributed by atoms with Crippen LogP contribution >= 0.6 is 11.3 Å². The second-order valence-electron chi connectivity index (χ2n) is 6.38. The van der Waals surface area contributed by atoms with Gasteiger partial charge in [0.15, 0.2) is 0 Å². The van der Waals surface area contributed by atoms with Crippen LogP contribution in [-0.4, -0.2) is 29.0 Å². The molecule has 2 aromatic rings. The highest BCUT2D eigenvalue weighted by Crippen LogP contribution is 2.38. The molecule has 2 unspecified atom stereocenters. The lowest BCUT2D eigenvalue weighted by molar-refractivity contribution is -0.00219. The summed E-state index contributed by atoms with van der Waals surface area (Å²) in [6.45, 7) is 0.819. The summed E-state index contributed by atoms with van der Waals surface area (Å²) in [5.41, 5.74) is 0.662. The molecule has 6 heteroatoms. The Morgan fingerprint density at radius 2 is 2.09 bits per heavy atom. The van der Waals surface area contributed by atoms with E-state index in [4.69, 9.17) is 4.74 Å². The molecule has 1 saturated carbocycles. The molecule has 2 aliphatic rings. The predicted octanol–water partition coefficient (Wildman–Crippen LogP) is 3.64. The number of halogens is 1. The number of anilines is 1. The molecular formula is C17H20FN3OS. The van der Waals surface area contributed by atoms with E-state index < -0.39 is 0 Å². The Morgan fingerprint density at radius 3 is 2.91 bits per heavy atom. The highest BCUT2D eigenvalue weighted by atomic mass is 32.1. The molecule has 23 heavy (non-hydrogen) atoms. The Kier molecular flexibility index (Phi) is 4.27. The van der Waals surface area contributed by atoms with Crippen LogP contribution in [0.15, 0.2) is 24.3 Å². The van der Waals surface area contributed by atoms with E-state index in [-0.39, 0.29) is 5.82 Å². The van der Waals surface area contributed by atoms with Gasteiger partial charge in [0.2, 0.25) is 5.13 Å². The van der Waals surface area contributed by atoms with Gasteiger partial charge < -0.3 is 10.1 Å². The zero-order valence-corrected chi connectivity index (χ0v) is 13.7. The molecule has 1 saturated heterocycles. The second-order valence-corrected chi connectivity index (χ2v) is 7.44. The van der Waals surface area contributed by atoms with Crippen molar-refractivity contribution in [3.63, 3.8) is 0 Å². The first-order chi connectivity index (χ1) is 11.3. The number of hydrogen-bond donors (Lipinski definition) is 1. The minimum Gasteiger partial charge on any atom is -0.378 e. The number of hydrogen-bond acceptors (Lipinski definition) is 5. The molecule has 1 N–H and O–H groups in total. The van der Waals surface area contributed by atoms with E-state index in [2.05, 4.69) is 15.5 Å². The molecule has 0 radical (unpaired) electrons. The van der Waals surface area contributed by atoms with Crippen molar-refractivity contribution >= 4 is 16.5 Å². The maximum absolute atomic E-state index is 13.7. The monoisotopic (exact) mass is 333 g/mol. The molecule has 1 aliphatic heterocycles. The van der Waals surface area contributed by atoms with Gasteiger partial charge in [-0.1, -0.05) is 29.5 Å². The van der Waals surface area contributed by atoms with Crippen molar-refractivity contribution in [3.8, 4) is 0 Å². The van der Waals surface area contributed by atoms with Gasteiger partial charge in [0, 0.05) is 19.1 Å². The van der Waals surface area contributed by atoms with E-state index in [1.807, 2.05) is 6.07 Å². The first-order valence-electron chi connectivity index (χ1n) is 8.22. The number of benzene rings is 1. The lowest BCUT2D eigenvalue weighted by Gasteiger charge is -2.29. The number of rotatable bonds is 5. The SMILES string of the molecule is Fc1ccccc1Cc1nnc(NC2CCOC(C3CC3)C2)s1. The van der Waals surface area contributed by atoms with Gasteiger partial charge in [-0.05, 0) is 43.2 Å². The summed E-state index contributed by atoms with van der Waals surface area (Å²) in [6.07, 6.45) is 5.57. The van der Waals surface area contributed by atoms with E-state index in [0.717, 1.165) is 35.5 Å². The van der Waals surface area contributed by atoms with Crippen molar-refractivity contribution in [1.82, 2.24) is 10.2 Å². The van der Waals surface area contributed by atoms with Crippen molar-refractivity contribution in [3.05, 3.63) is 40.7 Å². The Hall–Kier alpha value is -1.53. The van der Waals surface area contributed by atoms with Gasteiger partial charge >= 0.3 is 0 Å². The first-order valence-corrected chi connectivity index (χ1v) is 9.03. The standard InChI is InChI=1S/C17H20FN3OS/c18-14-4-2-1-3-12(14)9-16-20-21-17(23-16)19-13-7-8-22-15(10-13)11-5-6-11/h1-4,11,13,15H,5-10H2,(H,19,21). The van der Waals surface area contributed by atoms with E-state index in [1.165, 1.54) is 30.2 Å². The normalized spacial score (nSPS) is 24.6. The summed E-state index contributed by atoms with van der Waals surface area (Å²) in [7, 11) is 0. The summed E-state index contributed by atoms with van der Waals surface area (Å²) in [6, 6.07) is 7.23. The molecule has 122 valence electrons. The molecule has 0 bridgehead atoms. The maximum Gasteiger partial charge on any atom is 0.205 e. The van der Waals surface area contributed by atoms with Crippen molar-refractivity contribution < 1.29 is 9.13 Å². The molecule has 1 aromatic carbocycles. The topological polar surface area (TPSA) is 47.0 Å². The third-order valence-electron chi connectivity index (χ3n) is 4.56. The van der Waals surface area contributed by atoms with Gasteiger partial charge in [0.25, 0.3) is 0 Å². The Labute approximate surface area is 139 Å². The minimum atomic E-state index is -0.186. The van der Waals surface area contributed by atoms with Crippen molar-refractivity contribution in [2.75, 3.05) is 11.9 Å². The van der Waals surface area contributed by atoms with Crippen molar-refractivity contribution in [1.29, 1.82) is 0 Å². The van der Waals surface area contributed by atoms with Gasteiger partial charge in [-0.2, -0.15) is 0 Å². The Morgan fingerprint density at radius 1 is 1.22 bits per heavy atom. The van der Waals surface area contributed by atoms with E-state index >= 15 is 0 Å². The van der Waals surface area contributed by atoms with Crippen LogP contribution in [0.3, 0.4) is 0 Å². The molecule has 2 fully saturated rings. The van der Waals surface area contributed by atoms with Gasteiger partial charge in [0.05, 0.1) is 6.10 Å². The smallest absolute Gasteiger partial charge is 0.205 e. The van der Waals surface area contributed by atoms with Gasteiger partial charge in [-0.3, -0.25) is 0 Å². The Bertz CT molecular complexity index is 673. The zero-order valence-electron chi connectivity index (χ0n) is 12.9. The van der Waals surface area contributed by atoms with E-state index in [1.54, 1.807) is 12.1 Å². The number of aromatic nitrogens is 2. The Balaban J connectivity index is 1.37. The molecule has 0 spiro atoms. The second kappa shape index (κ2) is 6.53. The van der Waals surface area contributed by atoms with Crippen LogP contribution in [0.1, 0.15) is 36.3 Å². The summed E-state index contributed by atoms with van der Waals surface area (Å²) >= 11 is 1.51. The fraction of sp³-hybridized carbons (Fsp3) is 0.529. The lowest BCUT2D eigenvalue weighted by Crippen LogP contribution is -2.35. The molecule has 4 rings (SSSR count). The summed E-state index contributed by atoms with van der Waals surface area (Å²) < 4.78 is 19.6. The quantitative estimate of drug-likeness (QED) is 0.907. The summed E-state index contributed by atoms with van der Waals surface area (Å²) in [5.74, 6) is 0.583. The van der Waals surface area contributed by atoms with Crippen LogP contribution in [0.25, 0.3) is 0 Å². The molecule has 4 nitrogen and oxygen atoms in total. The third kappa shape index (κ3) is 3.70. The average Bonchev–Trinajstić information content (AvgIpc) is 3.32. The van der Waals surface area contributed by atoms with Crippen molar-refractivity contribution in [2.24, 2.45) is 5.92 Å². The maximum atomic E-state index is 13.7. The van der Waals surface area contributed by atoms with Gasteiger partial charge in [0.1, 0.15) is 10.8 Å². The van der Waals surface area contributed by atoms with Crippen LogP contribution in [0, 0.1) is 11.7 Å². The lowest BCUT2D eigenvalue weighted by atomic mass is 10.0. The van der Waals surface area contributed by atoms with Crippen LogP contribution in [0.4, 0.5) is 9.52 Å². The van der Waals surface area contributed by atoms with Crippen LogP contribution in [0.5, 0.6) is 0 Å². The molecule has 2 heterocycles. The minimum absolute atomic E-state index is 0.186. The third-order valence-corrected chi connectivity index (χ3v) is 5.41. The van der Waals surface area contributed by atoms with Gasteiger partial charge in [-0.25, -0.2) is 4.39 Å². The van der Waals surface area contributed by atoms with Crippen LogP contribution in [0.2, 0.25) is 0 Å². The molecule has 0 amide bonds. The zero-order chi connectivity index (χ0) is 15.6. The van der Waals surface area contributed by atoms with E-state index in [0.29, 0.717) is 24.1 Å². The highest BCUT2D eigenvalue weighted by Gasteiger charge is 2.36. The number of nitrogens with one attached hydrogen (secondary N) is 1. The number of ether oxygens (including phenoxy) is 1. The van der Waals surface area contributed by atoms with E-state index in [9.17, 15) is 4.39 Å². The molecule has 2 atom stereocenters. The fourth-order valence-electron chi connectivity index (χ4n) is 3.12. The van der Waals surface area contributed by atoms with Crippen LogP contribution in [-0.2, 0) is 11.2 Å². The van der Waals surface area contributed by atoms with Crippen LogP contribution < -0.4 is 5.32 Å². The molecular weight excluding hydrogens is 313 g/mol. The first kappa shape index (κ1) is 15.0. The molecule has 1 aromatic heterocycles. The fourth-order valence-corrected chi connectivity index (χ4v) is 3.96. The summed E-state index contributed by atoms with van der Waals surface area (Å²) in [5, 5.41) is 13.6. The van der Waals surface area contributed by atoms with Crippen molar-refractivity contribution in [2.45, 2.75) is 44.2 Å². The number of nitrogens with zero attached hydrogens (tertiary/aromatic N) is 2. The summed E-state index contributed by atoms with van der Waals surface area (Å²) in [4.78, 5) is 0. The average molecular weight is 333 g/mol.